The lowest BCUT2D eigenvalue weighted by molar-refractivity contribution is 0.0977. The van der Waals surface area contributed by atoms with Crippen molar-refractivity contribution in [3.8, 4) is 17.4 Å². The Morgan fingerprint density at radius 3 is 2.57 bits per heavy atom. The molecule has 12 nitrogen and oxygen atoms in total. The van der Waals surface area contributed by atoms with Crippen molar-refractivity contribution in [1.82, 2.24) is 25.1 Å². The lowest BCUT2D eigenvalue weighted by atomic mass is 10.2. The van der Waals surface area contributed by atoms with E-state index in [1.54, 1.807) is 18.2 Å². The molecule has 2 atom stereocenters. The molecule has 0 saturated carbocycles. The summed E-state index contributed by atoms with van der Waals surface area (Å²) in [6.45, 7) is 5.14. The second-order valence-electron chi connectivity index (χ2n) is 8.25. The Balaban J connectivity index is 1.35. The van der Waals surface area contributed by atoms with E-state index in [9.17, 15) is 4.79 Å². The van der Waals surface area contributed by atoms with Crippen molar-refractivity contribution in [3.05, 3.63) is 42.7 Å². The van der Waals surface area contributed by atoms with Gasteiger partial charge in [-0.3, -0.25) is 0 Å². The van der Waals surface area contributed by atoms with E-state index in [2.05, 4.69) is 42.6 Å². The third-order valence-electron chi connectivity index (χ3n) is 5.63. The van der Waals surface area contributed by atoms with Crippen molar-refractivity contribution in [1.29, 1.82) is 0 Å². The molecule has 3 aromatic rings. The van der Waals surface area contributed by atoms with E-state index in [-0.39, 0.29) is 24.2 Å². The fourth-order valence-electron chi connectivity index (χ4n) is 3.80. The Morgan fingerprint density at radius 1 is 1.00 bits per heavy atom. The minimum absolute atomic E-state index is 0.0825. The number of nitrogens with zero attached hydrogens (tertiary/aromatic N) is 6. The van der Waals surface area contributed by atoms with E-state index in [0.29, 0.717) is 56.1 Å². The van der Waals surface area contributed by atoms with Crippen LogP contribution in [0.4, 0.5) is 22.1 Å². The second-order valence-corrected chi connectivity index (χ2v) is 8.25. The molecule has 2 fully saturated rings. The van der Waals surface area contributed by atoms with E-state index in [1.165, 1.54) is 12.4 Å². The quantitative estimate of drug-likeness (QED) is 0.543. The smallest absolute Gasteiger partial charge is 0.323 e. The topological polar surface area (TPSA) is 137 Å². The third kappa shape index (κ3) is 5.78. The number of carbonyl (C=O) groups excluding carboxylic acids is 1. The average Bonchev–Trinajstić information content (AvgIpc) is 3.38. The van der Waals surface area contributed by atoms with Gasteiger partial charge < -0.3 is 29.7 Å². The van der Waals surface area contributed by atoms with E-state index in [4.69, 9.17) is 19.2 Å². The number of morpholine rings is 1. The van der Waals surface area contributed by atoms with Crippen LogP contribution < -0.4 is 20.3 Å². The molecule has 2 amide bonds. The van der Waals surface area contributed by atoms with Crippen LogP contribution in [0, 0.1) is 0 Å². The monoisotopic (exact) mass is 478 g/mol. The third-order valence-corrected chi connectivity index (χ3v) is 5.63. The predicted octanol–water partition coefficient (Wildman–Crippen LogP) is 2.37. The lowest BCUT2D eigenvalue weighted by Crippen LogP contribution is -2.44. The second kappa shape index (κ2) is 10.6. The number of carbonyl (C=O) groups is 1. The molecule has 2 unspecified atom stereocenters. The molecule has 35 heavy (non-hydrogen) atoms. The number of ether oxygens (including phenoxy) is 3. The van der Waals surface area contributed by atoms with Crippen molar-refractivity contribution in [2.45, 2.75) is 25.5 Å². The highest BCUT2D eigenvalue weighted by atomic mass is 16.6. The Morgan fingerprint density at radius 2 is 1.83 bits per heavy atom. The number of anilines is 3. The molecule has 0 bridgehead atoms. The summed E-state index contributed by atoms with van der Waals surface area (Å²) >= 11 is 0. The maximum atomic E-state index is 12.3. The molecule has 2 aromatic heterocycles. The highest BCUT2D eigenvalue weighted by Crippen LogP contribution is 2.25. The summed E-state index contributed by atoms with van der Waals surface area (Å²) in [6, 6.07) is 8.92. The van der Waals surface area contributed by atoms with Crippen LogP contribution in [0.2, 0.25) is 0 Å². The summed E-state index contributed by atoms with van der Waals surface area (Å²) < 4.78 is 17.0. The molecule has 182 valence electrons. The number of rotatable bonds is 6. The maximum absolute atomic E-state index is 12.3. The minimum atomic E-state index is -0.385. The number of hydrogen-bond acceptors (Lipinski definition) is 10. The van der Waals surface area contributed by atoms with Gasteiger partial charge in [-0.05, 0) is 37.3 Å². The van der Waals surface area contributed by atoms with Gasteiger partial charge >= 0.3 is 12.0 Å². The van der Waals surface area contributed by atoms with E-state index in [0.717, 1.165) is 12.0 Å². The van der Waals surface area contributed by atoms with Gasteiger partial charge in [-0.25, -0.2) is 4.79 Å². The maximum Gasteiger partial charge on any atom is 0.323 e. The molecule has 5 rings (SSSR count). The van der Waals surface area contributed by atoms with Crippen LogP contribution in [0.5, 0.6) is 6.01 Å². The number of nitrogens with one attached hydrogen (secondary N) is 2. The summed E-state index contributed by atoms with van der Waals surface area (Å²) in [6.07, 6.45) is 3.68. The normalized spacial score (nSPS) is 19.9. The summed E-state index contributed by atoms with van der Waals surface area (Å²) in [5, 5.41) is 12.9. The SMILES string of the molecule is CC1COCCN1c1nc(OC2CCOC2)nc(-c2ccc(NC(=O)Nc3ccnnc3)cc2)n1. The predicted molar refractivity (Wildman–Crippen MR) is 127 cm³/mol. The molecule has 0 aliphatic carbocycles. The number of urea groups is 1. The van der Waals surface area contributed by atoms with Gasteiger partial charge in [-0.15, -0.1) is 0 Å². The molecule has 1 aromatic carbocycles. The highest BCUT2D eigenvalue weighted by molar-refractivity contribution is 5.99. The van der Waals surface area contributed by atoms with E-state index < -0.39 is 0 Å². The summed E-state index contributed by atoms with van der Waals surface area (Å²) in [4.78, 5) is 28.2. The molecular weight excluding hydrogens is 452 g/mol. The molecule has 0 spiro atoms. The van der Waals surface area contributed by atoms with Crippen LogP contribution in [-0.2, 0) is 9.47 Å². The Labute approximate surface area is 202 Å². The Kier molecular flexibility index (Phi) is 6.91. The molecular formula is C23H26N8O4. The number of amides is 2. The standard InChI is InChI=1S/C23H26N8O4/c1-15-13-34-11-9-31(15)21-28-20(29-23(30-21)35-19-7-10-33-14-19)16-2-4-17(5-3-16)26-22(32)27-18-6-8-24-25-12-18/h2-6,8,12,15,19H,7,9-11,13-14H2,1H3,(H2,24,26,27,32). The van der Waals surface area contributed by atoms with Crippen molar-refractivity contribution in [3.63, 3.8) is 0 Å². The van der Waals surface area contributed by atoms with E-state index in [1.807, 2.05) is 12.1 Å². The first-order chi connectivity index (χ1) is 17.1. The van der Waals surface area contributed by atoms with Crippen LogP contribution in [0.25, 0.3) is 11.4 Å². The Bertz CT molecular complexity index is 1140. The van der Waals surface area contributed by atoms with Crippen molar-refractivity contribution < 1.29 is 19.0 Å². The Hall–Kier alpha value is -3.90. The molecule has 4 heterocycles. The van der Waals surface area contributed by atoms with Crippen LogP contribution in [0.15, 0.2) is 42.7 Å². The van der Waals surface area contributed by atoms with Crippen LogP contribution in [-0.4, -0.2) is 76.3 Å². The highest BCUT2D eigenvalue weighted by Gasteiger charge is 2.25. The first kappa shape index (κ1) is 22.9. The van der Waals surface area contributed by atoms with Crippen LogP contribution in [0.3, 0.4) is 0 Å². The van der Waals surface area contributed by atoms with Crippen molar-refractivity contribution in [2.75, 3.05) is 48.5 Å². The first-order valence-electron chi connectivity index (χ1n) is 11.4. The summed E-state index contributed by atoms with van der Waals surface area (Å²) in [5.74, 6) is 1.04. The molecule has 2 saturated heterocycles. The van der Waals surface area contributed by atoms with Gasteiger partial charge in [0.2, 0.25) is 5.95 Å². The average molecular weight is 479 g/mol. The van der Waals surface area contributed by atoms with Gasteiger partial charge in [0.1, 0.15) is 6.10 Å². The van der Waals surface area contributed by atoms with Crippen LogP contribution in [0.1, 0.15) is 13.3 Å². The number of aromatic nitrogens is 5. The van der Waals surface area contributed by atoms with Crippen LogP contribution >= 0.6 is 0 Å². The van der Waals surface area contributed by atoms with Crippen molar-refractivity contribution in [2.24, 2.45) is 0 Å². The van der Waals surface area contributed by atoms with E-state index >= 15 is 0 Å². The zero-order chi connectivity index (χ0) is 24.0. The fourth-order valence-corrected chi connectivity index (χ4v) is 3.80. The molecule has 2 aliphatic heterocycles. The van der Waals surface area contributed by atoms with Gasteiger partial charge in [-0.2, -0.15) is 25.1 Å². The lowest BCUT2D eigenvalue weighted by Gasteiger charge is -2.33. The molecule has 2 N–H and O–H groups in total. The van der Waals surface area contributed by atoms with Gasteiger partial charge in [0.05, 0.1) is 50.6 Å². The summed E-state index contributed by atoms with van der Waals surface area (Å²) in [7, 11) is 0. The zero-order valence-corrected chi connectivity index (χ0v) is 19.3. The summed E-state index contributed by atoms with van der Waals surface area (Å²) in [5.41, 5.74) is 1.93. The molecule has 2 aliphatic rings. The van der Waals surface area contributed by atoms with Gasteiger partial charge in [0, 0.05) is 24.2 Å². The first-order valence-corrected chi connectivity index (χ1v) is 11.4. The number of hydrogen-bond donors (Lipinski definition) is 2. The van der Waals surface area contributed by atoms with Gasteiger partial charge in [0.15, 0.2) is 5.82 Å². The molecule has 12 heteroatoms. The zero-order valence-electron chi connectivity index (χ0n) is 19.3. The van der Waals surface area contributed by atoms with Gasteiger partial charge in [-0.1, -0.05) is 0 Å². The molecule has 0 radical (unpaired) electrons. The minimum Gasteiger partial charge on any atom is -0.457 e. The number of benzene rings is 1. The fraction of sp³-hybridized carbons (Fsp3) is 0.391. The largest absolute Gasteiger partial charge is 0.457 e. The van der Waals surface area contributed by atoms with Crippen molar-refractivity contribution >= 4 is 23.4 Å². The van der Waals surface area contributed by atoms with Gasteiger partial charge in [0.25, 0.3) is 0 Å².